The molecule has 2 heterocycles. The average molecular weight is 332 g/mol. The standard InChI is InChI=1S/C15H16N4O3S/c16-11-13-1-3-15(4-2-13)18-6-8-19(9-7-18)23(20,21)12-14-5-10-22-17-14/h1-5,10H,6-9,12H2. The van der Waals surface area contributed by atoms with E-state index in [1.54, 1.807) is 18.2 Å². The smallest absolute Gasteiger partial charge is 0.220 e. The van der Waals surface area contributed by atoms with Crippen molar-refractivity contribution < 1.29 is 12.9 Å². The summed E-state index contributed by atoms with van der Waals surface area (Å²) in [6.45, 7) is 2.09. The summed E-state index contributed by atoms with van der Waals surface area (Å²) in [5.74, 6) is -0.139. The van der Waals surface area contributed by atoms with Gasteiger partial charge in [-0.15, -0.1) is 0 Å². The molecule has 0 spiro atoms. The largest absolute Gasteiger partial charge is 0.369 e. The molecule has 0 saturated carbocycles. The first kappa shape index (κ1) is 15.5. The van der Waals surface area contributed by atoms with Crippen molar-refractivity contribution >= 4 is 15.7 Å². The molecule has 0 radical (unpaired) electrons. The number of aromatic nitrogens is 1. The molecular formula is C15H16N4O3S. The zero-order valence-corrected chi connectivity index (χ0v) is 13.2. The number of nitriles is 1. The van der Waals surface area contributed by atoms with Crippen molar-refractivity contribution in [3.8, 4) is 6.07 Å². The van der Waals surface area contributed by atoms with E-state index in [0.29, 0.717) is 37.4 Å². The van der Waals surface area contributed by atoms with Crippen LogP contribution in [-0.2, 0) is 15.8 Å². The van der Waals surface area contributed by atoms with Crippen molar-refractivity contribution in [1.29, 1.82) is 5.26 Å². The number of piperazine rings is 1. The van der Waals surface area contributed by atoms with Gasteiger partial charge in [-0.1, -0.05) is 5.16 Å². The van der Waals surface area contributed by atoms with Gasteiger partial charge in [-0.25, -0.2) is 8.42 Å². The van der Waals surface area contributed by atoms with E-state index in [2.05, 4.69) is 20.6 Å². The highest BCUT2D eigenvalue weighted by Gasteiger charge is 2.27. The van der Waals surface area contributed by atoms with E-state index in [9.17, 15) is 8.42 Å². The number of anilines is 1. The first-order valence-electron chi connectivity index (χ1n) is 7.21. The van der Waals surface area contributed by atoms with Crippen LogP contribution in [0.1, 0.15) is 11.3 Å². The van der Waals surface area contributed by atoms with Gasteiger partial charge in [-0.05, 0) is 24.3 Å². The van der Waals surface area contributed by atoms with E-state index < -0.39 is 10.0 Å². The third-order valence-electron chi connectivity index (χ3n) is 3.82. The van der Waals surface area contributed by atoms with Crippen LogP contribution in [0.4, 0.5) is 5.69 Å². The minimum Gasteiger partial charge on any atom is -0.369 e. The number of hydrogen-bond acceptors (Lipinski definition) is 6. The summed E-state index contributed by atoms with van der Waals surface area (Å²) in [6.07, 6.45) is 1.37. The lowest BCUT2D eigenvalue weighted by Crippen LogP contribution is -2.49. The third kappa shape index (κ3) is 3.52. The quantitative estimate of drug-likeness (QED) is 0.835. The first-order valence-corrected chi connectivity index (χ1v) is 8.81. The summed E-state index contributed by atoms with van der Waals surface area (Å²) >= 11 is 0. The molecule has 0 unspecified atom stereocenters. The molecule has 1 aromatic carbocycles. The summed E-state index contributed by atoms with van der Waals surface area (Å²) < 4.78 is 30.9. The van der Waals surface area contributed by atoms with Gasteiger partial charge in [0.2, 0.25) is 10.0 Å². The highest BCUT2D eigenvalue weighted by atomic mass is 32.2. The van der Waals surface area contributed by atoms with E-state index in [0.717, 1.165) is 5.69 Å². The Labute approximate surface area is 134 Å². The molecule has 0 amide bonds. The van der Waals surface area contributed by atoms with Crippen molar-refractivity contribution in [2.75, 3.05) is 31.1 Å². The maximum absolute atomic E-state index is 12.4. The molecule has 1 aliphatic rings. The van der Waals surface area contributed by atoms with Crippen LogP contribution in [0.25, 0.3) is 0 Å². The number of nitrogens with zero attached hydrogens (tertiary/aromatic N) is 4. The minimum absolute atomic E-state index is 0.139. The van der Waals surface area contributed by atoms with E-state index >= 15 is 0 Å². The molecule has 7 nitrogen and oxygen atoms in total. The Balaban J connectivity index is 1.62. The van der Waals surface area contributed by atoms with Crippen molar-refractivity contribution in [1.82, 2.24) is 9.46 Å². The van der Waals surface area contributed by atoms with Crippen LogP contribution in [0.3, 0.4) is 0 Å². The second-order valence-electron chi connectivity index (χ2n) is 5.29. The average Bonchev–Trinajstić information content (AvgIpc) is 3.07. The van der Waals surface area contributed by atoms with Crippen LogP contribution in [0.2, 0.25) is 0 Å². The molecule has 3 rings (SSSR count). The van der Waals surface area contributed by atoms with Gasteiger partial charge in [0.1, 0.15) is 12.0 Å². The first-order chi connectivity index (χ1) is 11.1. The van der Waals surface area contributed by atoms with Gasteiger partial charge in [0.05, 0.1) is 17.3 Å². The van der Waals surface area contributed by atoms with Crippen molar-refractivity contribution in [3.63, 3.8) is 0 Å². The SMILES string of the molecule is N#Cc1ccc(N2CCN(S(=O)(=O)Cc3ccon3)CC2)cc1. The van der Waals surface area contributed by atoms with Crippen LogP contribution in [0.5, 0.6) is 0 Å². The monoisotopic (exact) mass is 332 g/mol. The molecule has 1 aromatic heterocycles. The zero-order chi connectivity index (χ0) is 16.3. The highest BCUT2D eigenvalue weighted by molar-refractivity contribution is 7.88. The zero-order valence-electron chi connectivity index (χ0n) is 12.4. The Hall–Kier alpha value is -2.37. The summed E-state index contributed by atoms with van der Waals surface area (Å²) in [5, 5.41) is 12.5. The van der Waals surface area contributed by atoms with Gasteiger partial charge >= 0.3 is 0 Å². The normalized spacial score (nSPS) is 16.2. The molecule has 2 aromatic rings. The molecule has 8 heteroatoms. The Morgan fingerprint density at radius 1 is 1.13 bits per heavy atom. The van der Waals surface area contributed by atoms with Crippen LogP contribution in [0, 0.1) is 11.3 Å². The van der Waals surface area contributed by atoms with Crippen LogP contribution in [-0.4, -0.2) is 44.1 Å². The molecular weight excluding hydrogens is 316 g/mol. The van der Waals surface area contributed by atoms with Gasteiger partial charge in [0, 0.05) is 37.9 Å². The van der Waals surface area contributed by atoms with Gasteiger partial charge in [-0.2, -0.15) is 9.57 Å². The fourth-order valence-electron chi connectivity index (χ4n) is 2.56. The minimum atomic E-state index is -3.38. The van der Waals surface area contributed by atoms with Crippen LogP contribution >= 0.6 is 0 Å². The van der Waals surface area contributed by atoms with E-state index in [1.165, 1.54) is 10.6 Å². The summed E-state index contributed by atoms with van der Waals surface area (Å²) in [7, 11) is -3.38. The number of hydrogen-bond donors (Lipinski definition) is 0. The van der Waals surface area contributed by atoms with Crippen molar-refractivity contribution in [3.05, 3.63) is 47.9 Å². The second-order valence-corrected chi connectivity index (χ2v) is 7.26. The molecule has 0 bridgehead atoms. The van der Waals surface area contributed by atoms with E-state index in [4.69, 9.17) is 5.26 Å². The molecule has 1 fully saturated rings. The van der Waals surface area contributed by atoms with Crippen molar-refractivity contribution in [2.24, 2.45) is 0 Å². The van der Waals surface area contributed by atoms with Gasteiger partial charge < -0.3 is 9.42 Å². The lowest BCUT2D eigenvalue weighted by atomic mass is 10.2. The fraction of sp³-hybridized carbons (Fsp3) is 0.333. The molecule has 1 aliphatic heterocycles. The highest BCUT2D eigenvalue weighted by Crippen LogP contribution is 2.19. The lowest BCUT2D eigenvalue weighted by Gasteiger charge is -2.35. The Bertz CT molecular complexity index is 786. The summed E-state index contributed by atoms with van der Waals surface area (Å²) in [5.41, 5.74) is 2.03. The summed E-state index contributed by atoms with van der Waals surface area (Å²) in [4.78, 5) is 2.11. The maximum Gasteiger partial charge on any atom is 0.220 e. The Morgan fingerprint density at radius 2 is 1.83 bits per heavy atom. The van der Waals surface area contributed by atoms with E-state index in [1.807, 2.05) is 12.1 Å². The Morgan fingerprint density at radius 3 is 2.39 bits per heavy atom. The Kier molecular flexibility index (Phi) is 4.32. The molecule has 0 N–H and O–H groups in total. The summed E-state index contributed by atoms with van der Waals surface area (Å²) in [6, 6.07) is 11.0. The van der Waals surface area contributed by atoms with Crippen LogP contribution in [0.15, 0.2) is 41.1 Å². The van der Waals surface area contributed by atoms with Crippen LogP contribution < -0.4 is 4.90 Å². The molecule has 0 aliphatic carbocycles. The molecule has 23 heavy (non-hydrogen) atoms. The number of sulfonamides is 1. The topological polar surface area (TPSA) is 90.4 Å². The predicted octanol–water partition coefficient (Wildman–Crippen LogP) is 1.20. The van der Waals surface area contributed by atoms with Crippen molar-refractivity contribution in [2.45, 2.75) is 5.75 Å². The van der Waals surface area contributed by atoms with Gasteiger partial charge in [0.25, 0.3) is 0 Å². The maximum atomic E-state index is 12.4. The lowest BCUT2D eigenvalue weighted by molar-refractivity contribution is 0.381. The molecule has 1 saturated heterocycles. The number of rotatable bonds is 4. The van der Waals surface area contributed by atoms with E-state index in [-0.39, 0.29) is 5.75 Å². The predicted molar refractivity (Wildman–Crippen MR) is 84.1 cm³/mol. The fourth-order valence-corrected chi connectivity index (χ4v) is 3.99. The second kappa shape index (κ2) is 6.40. The van der Waals surface area contributed by atoms with Gasteiger partial charge in [-0.3, -0.25) is 0 Å². The molecule has 120 valence electrons. The molecule has 0 atom stereocenters. The van der Waals surface area contributed by atoms with Gasteiger partial charge in [0.15, 0.2) is 0 Å². The number of benzene rings is 1. The third-order valence-corrected chi connectivity index (χ3v) is 5.63.